The number of aryl methyl sites for hydroxylation is 3. The molecule has 0 unspecified atom stereocenters. The van der Waals surface area contributed by atoms with E-state index in [1.807, 2.05) is 39.0 Å². The summed E-state index contributed by atoms with van der Waals surface area (Å²) in [4.78, 5) is 26.0. The number of carbonyl (C=O) groups excluding carboxylic acids is 2. The highest BCUT2D eigenvalue weighted by Crippen LogP contribution is 2.21. The number of nitrogens with one attached hydrogen (secondary N) is 1. The summed E-state index contributed by atoms with van der Waals surface area (Å²) in [5, 5.41) is 12.7. The highest BCUT2D eigenvalue weighted by molar-refractivity contribution is 6.01. The molecule has 0 atom stereocenters. The summed E-state index contributed by atoms with van der Waals surface area (Å²) in [6.07, 6.45) is 0. The molecule has 24 heavy (non-hydrogen) atoms. The van der Waals surface area contributed by atoms with Crippen LogP contribution < -0.4 is 5.32 Å². The van der Waals surface area contributed by atoms with E-state index < -0.39 is 5.91 Å². The minimum absolute atomic E-state index is 0.0902. The molecule has 0 saturated heterocycles. The van der Waals surface area contributed by atoms with Crippen molar-refractivity contribution in [1.29, 1.82) is 0 Å². The van der Waals surface area contributed by atoms with E-state index in [9.17, 15) is 14.7 Å². The second-order valence-corrected chi connectivity index (χ2v) is 6.00. The van der Waals surface area contributed by atoms with Crippen molar-refractivity contribution in [1.82, 2.24) is 4.90 Å². The van der Waals surface area contributed by atoms with E-state index in [4.69, 9.17) is 0 Å². The van der Waals surface area contributed by atoms with Crippen molar-refractivity contribution in [2.45, 2.75) is 20.8 Å². The van der Waals surface area contributed by atoms with Crippen LogP contribution in [-0.2, 0) is 4.79 Å². The molecule has 0 aromatic heterocycles. The smallest absolute Gasteiger partial charge is 0.257 e. The van der Waals surface area contributed by atoms with Crippen LogP contribution in [0.25, 0.3) is 0 Å². The molecule has 0 saturated carbocycles. The Labute approximate surface area is 141 Å². The fraction of sp³-hybridized carbons (Fsp3) is 0.263. The van der Waals surface area contributed by atoms with E-state index in [-0.39, 0.29) is 23.8 Å². The number of hydrogen-bond donors (Lipinski definition) is 2. The number of anilines is 1. The first-order valence-corrected chi connectivity index (χ1v) is 7.70. The predicted octanol–water partition coefficient (Wildman–Crippen LogP) is 3.03. The number of likely N-dealkylation sites (N-methyl/N-ethyl adjacent to an activating group) is 1. The molecular weight excluding hydrogens is 304 g/mol. The molecule has 2 N–H and O–H groups in total. The van der Waals surface area contributed by atoms with Crippen LogP contribution in [0.4, 0.5) is 5.69 Å². The van der Waals surface area contributed by atoms with Gasteiger partial charge >= 0.3 is 0 Å². The molecule has 126 valence electrons. The summed E-state index contributed by atoms with van der Waals surface area (Å²) in [7, 11) is 1.54. The van der Waals surface area contributed by atoms with Gasteiger partial charge in [0, 0.05) is 12.7 Å². The highest BCUT2D eigenvalue weighted by Gasteiger charge is 2.19. The topological polar surface area (TPSA) is 69.6 Å². The van der Waals surface area contributed by atoms with E-state index in [1.54, 1.807) is 12.1 Å². The van der Waals surface area contributed by atoms with Gasteiger partial charge in [0.15, 0.2) is 0 Å². The zero-order valence-corrected chi connectivity index (χ0v) is 14.4. The van der Waals surface area contributed by atoms with Crippen LogP contribution in [-0.4, -0.2) is 35.4 Å². The molecule has 0 radical (unpaired) electrons. The van der Waals surface area contributed by atoms with Crippen LogP contribution in [0.2, 0.25) is 0 Å². The van der Waals surface area contributed by atoms with E-state index in [1.165, 1.54) is 18.0 Å². The molecule has 0 fully saturated rings. The van der Waals surface area contributed by atoms with Gasteiger partial charge in [0.2, 0.25) is 5.91 Å². The van der Waals surface area contributed by atoms with E-state index in [0.717, 1.165) is 22.4 Å². The minimum atomic E-state index is -0.396. The molecule has 0 heterocycles. The van der Waals surface area contributed by atoms with Gasteiger partial charge in [-0.2, -0.15) is 0 Å². The molecular formula is C19H22N2O3. The molecule has 0 aliphatic carbocycles. The molecule has 2 aromatic carbocycles. The lowest BCUT2D eigenvalue weighted by atomic mass is 10.1. The van der Waals surface area contributed by atoms with Crippen molar-refractivity contribution in [3.63, 3.8) is 0 Å². The Morgan fingerprint density at radius 1 is 1.08 bits per heavy atom. The van der Waals surface area contributed by atoms with Crippen molar-refractivity contribution in [3.05, 3.63) is 58.7 Å². The van der Waals surface area contributed by atoms with Crippen molar-refractivity contribution < 1.29 is 14.7 Å². The number of rotatable bonds is 4. The molecule has 0 aliphatic heterocycles. The van der Waals surface area contributed by atoms with Gasteiger partial charge in [0.1, 0.15) is 5.75 Å². The quantitative estimate of drug-likeness (QED) is 0.907. The predicted molar refractivity (Wildman–Crippen MR) is 94.4 cm³/mol. The lowest BCUT2D eigenvalue weighted by Crippen LogP contribution is -2.35. The van der Waals surface area contributed by atoms with Gasteiger partial charge in [0.25, 0.3) is 5.91 Å². The van der Waals surface area contributed by atoms with Crippen molar-refractivity contribution in [2.24, 2.45) is 0 Å². The van der Waals surface area contributed by atoms with Crippen LogP contribution in [0.5, 0.6) is 5.75 Å². The van der Waals surface area contributed by atoms with Gasteiger partial charge in [-0.05, 0) is 44.0 Å². The number of aromatic hydroxyl groups is 1. The summed E-state index contributed by atoms with van der Waals surface area (Å²) >= 11 is 0. The zero-order valence-electron chi connectivity index (χ0n) is 14.4. The third-order valence-corrected chi connectivity index (χ3v) is 3.86. The first kappa shape index (κ1) is 17.5. The van der Waals surface area contributed by atoms with Crippen molar-refractivity contribution >= 4 is 17.5 Å². The molecule has 5 nitrogen and oxygen atoms in total. The van der Waals surface area contributed by atoms with Gasteiger partial charge in [-0.3, -0.25) is 9.59 Å². The Morgan fingerprint density at radius 2 is 1.71 bits per heavy atom. The zero-order chi connectivity index (χ0) is 17.9. The van der Waals surface area contributed by atoms with Gasteiger partial charge in [0.05, 0.1) is 12.1 Å². The van der Waals surface area contributed by atoms with Gasteiger partial charge in [-0.1, -0.05) is 29.8 Å². The largest absolute Gasteiger partial charge is 0.507 e. The molecule has 5 heteroatoms. The molecule has 2 amide bonds. The SMILES string of the molecule is Cc1ccc(O)c(C(=O)N(C)CC(=O)Nc2c(C)cccc2C)c1. The fourth-order valence-corrected chi connectivity index (χ4v) is 2.50. The normalized spacial score (nSPS) is 10.3. The maximum absolute atomic E-state index is 12.4. The lowest BCUT2D eigenvalue weighted by molar-refractivity contribution is -0.116. The van der Waals surface area contributed by atoms with E-state index in [0.29, 0.717) is 0 Å². The number of phenolic OH excluding ortho intramolecular Hbond substituents is 1. The minimum Gasteiger partial charge on any atom is -0.507 e. The summed E-state index contributed by atoms with van der Waals surface area (Å²) in [5.41, 5.74) is 3.76. The summed E-state index contributed by atoms with van der Waals surface area (Å²) < 4.78 is 0. The van der Waals surface area contributed by atoms with Crippen LogP contribution in [0.3, 0.4) is 0 Å². The number of carbonyl (C=O) groups is 2. The summed E-state index contributed by atoms with van der Waals surface area (Å²) in [5.74, 6) is -0.768. The molecule has 0 bridgehead atoms. The van der Waals surface area contributed by atoms with E-state index in [2.05, 4.69) is 5.32 Å². The first-order valence-electron chi connectivity index (χ1n) is 7.70. The molecule has 2 aromatic rings. The van der Waals surface area contributed by atoms with Gasteiger partial charge in [-0.25, -0.2) is 0 Å². The highest BCUT2D eigenvalue weighted by atomic mass is 16.3. The monoisotopic (exact) mass is 326 g/mol. The Morgan fingerprint density at radius 3 is 2.33 bits per heavy atom. The Balaban J connectivity index is 2.08. The lowest BCUT2D eigenvalue weighted by Gasteiger charge is -2.19. The van der Waals surface area contributed by atoms with Gasteiger partial charge in [-0.15, -0.1) is 0 Å². The summed E-state index contributed by atoms with van der Waals surface area (Å²) in [6, 6.07) is 10.6. The average molecular weight is 326 g/mol. The van der Waals surface area contributed by atoms with E-state index >= 15 is 0 Å². The van der Waals surface area contributed by atoms with Crippen molar-refractivity contribution in [2.75, 3.05) is 18.9 Å². The molecule has 2 rings (SSSR count). The Bertz CT molecular complexity index is 764. The third-order valence-electron chi connectivity index (χ3n) is 3.86. The maximum atomic E-state index is 12.4. The fourth-order valence-electron chi connectivity index (χ4n) is 2.50. The second-order valence-electron chi connectivity index (χ2n) is 6.00. The number of phenols is 1. The second kappa shape index (κ2) is 7.17. The third kappa shape index (κ3) is 3.93. The standard InChI is InChI=1S/C19H22N2O3/c1-12-8-9-16(22)15(10-12)19(24)21(4)11-17(23)20-18-13(2)6-5-7-14(18)3/h5-10,22H,11H2,1-4H3,(H,20,23). The number of benzene rings is 2. The number of amides is 2. The average Bonchev–Trinajstić information content (AvgIpc) is 2.52. The van der Waals surface area contributed by atoms with Crippen LogP contribution in [0.1, 0.15) is 27.0 Å². The van der Waals surface area contributed by atoms with Gasteiger partial charge < -0.3 is 15.3 Å². The molecule has 0 aliphatic rings. The van der Waals surface area contributed by atoms with Crippen LogP contribution in [0.15, 0.2) is 36.4 Å². The van der Waals surface area contributed by atoms with Crippen LogP contribution >= 0.6 is 0 Å². The molecule has 0 spiro atoms. The Kier molecular flexibility index (Phi) is 5.24. The maximum Gasteiger partial charge on any atom is 0.257 e. The summed E-state index contributed by atoms with van der Waals surface area (Å²) in [6.45, 7) is 5.58. The number of nitrogens with zero attached hydrogens (tertiary/aromatic N) is 1. The first-order chi connectivity index (χ1) is 11.3. The van der Waals surface area contributed by atoms with Crippen molar-refractivity contribution in [3.8, 4) is 5.75 Å². The van der Waals surface area contributed by atoms with Crippen LogP contribution in [0, 0.1) is 20.8 Å². The number of para-hydroxylation sites is 1. The number of hydrogen-bond acceptors (Lipinski definition) is 3. The Hall–Kier alpha value is -2.82.